The fourth-order valence-electron chi connectivity index (χ4n) is 4.58. The van der Waals surface area contributed by atoms with E-state index in [9.17, 15) is 50.6 Å². The topological polar surface area (TPSA) is 295 Å². The van der Waals surface area contributed by atoms with Crippen LogP contribution < -0.4 is 110 Å². The molecule has 0 atom stereocenters. The number of fused-ring (bicyclic) bond motifs is 1. The number of carbonyl (C=O) groups is 1. The number of nitrogens with zero attached hydrogens (tertiary/aromatic N) is 4. The predicted octanol–water partition coefficient (Wildman–Crippen LogP) is -3.96. The molecule has 0 saturated heterocycles. The maximum Gasteiger partial charge on any atom is 1.00 e. The number of rotatable bonds is 17. The van der Waals surface area contributed by atoms with Gasteiger partial charge in [-0.25, -0.2) is 16.8 Å². The number of halogens is 3. The summed E-state index contributed by atoms with van der Waals surface area (Å²) >= 11 is 6.17. The molecule has 304 valence electrons. The minimum Gasteiger partial charge on any atom is -0.744 e. The molecule has 0 aliphatic carbocycles. The standard InChI is InChI=1S/C29H21ClF2N6O14S4.CH4.3Na/c30-23-26(31)35-29(32)36-27(23)34-20-13-19-15(11-22(20)56(45,46)47)10-21(53-51-49-41)24(25(19)39)38-37-16-6-4-14(5-7-16)28(40)33-17-2-1-3-18(12-17)55(43,44)9-8-48-54-52-50-42;;;;/h1-7,10-13,39,41-42H,8-9H2,(H,33,40)(H,34,35,36)(H,45,46,47);1H4;;;/q;;3*+1/p-3. The van der Waals surface area contributed by atoms with Gasteiger partial charge in [-0.3, -0.25) is 19.1 Å². The van der Waals surface area contributed by atoms with E-state index in [0.29, 0.717) is 0 Å². The molecule has 60 heavy (non-hydrogen) atoms. The fraction of sp³-hybridized carbons (Fsp3) is 0.100. The van der Waals surface area contributed by atoms with Crippen molar-refractivity contribution >= 4 is 101 Å². The van der Waals surface area contributed by atoms with Crippen molar-refractivity contribution < 1.29 is 162 Å². The van der Waals surface area contributed by atoms with Crippen LogP contribution in [0, 0.1) is 12.0 Å². The van der Waals surface area contributed by atoms with E-state index in [1.807, 2.05) is 0 Å². The summed E-state index contributed by atoms with van der Waals surface area (Å²) < 4.78 is 102. The molecule has 0 spiro atoms. The molecule has 0 radical (unpaired) electrons. The van der Waals surface area contributed by atoms with E-state index < -0.39 is 70.8 Å². The molecule has 4 aromatic carbocycles. The van der Waals surface area contributed by atoms with E-state index in [2.05, 4.69) is 49.6 Å². The second-order valence-electron chi connectivity index (χ2n) is 10.5. The van der Waals surface area contributed by atoms with Gasteiger partial charge in [0.1, 0.15) is 20.8 Å². The van der Waals surface area contributed by atoms with Crippen LogP contribution in [-0.4, -0.2) is 54.7 Å². The summed E-state index contributed by atoms with van der Waals surface area (Å²) in [6.07, 6.45) is -1.58. The number of sulfone groups is 1. The Morgan fingerprint density at radius 3 is 2.27 bits per heavy atom. The van der Waals surface area contributed by atoms with Crippen LogP contribution in [0.3, 0.4) is 0 Å². The summed E-state index contributed by atoms with van der Waals surface area (Å²) in [7, 11) is -9.18. The first kappa shape index (κ1) is 56.3. The normalized spacial score (nSPS) is 11.2. The minimum atomic E-state index is -5.31. The molecule has 5 rings (SSSR count). The molecule has 0 bridgehead atoms. The number of aromatic nitrogens is 2. The predicted molar refractivity (Wildman–Crippen MR) is 191 cm³/mol. The Morgan fingerprint density at radius 2 is 1.62 bits per heavy atom. The average molecular weight is 961 g/mol. The summed E-state index contributed by atoms with van der Waals surface area (Å²) in [5, 5.41) is 49.7. The maximum atomic E-state index is 14.0. The third-order valence-corrected chi connectivity index (χ3v) is 10.9. The van der Waals surface area contributed by atoms with Crippen LogP contribution in [0.2, 0.25) is 5.02 Å². The molecule has 20 nitrogen and oxygen atoms in total. The summed E-state index contributed by atoms with van der Waals surface area (Å²) in [6.45, 7) is -0.346. The third kappa shape index (κ3) is 15.0. The number of phenols is 1. The number of benzene rings is 4. The van der Waals surface area contributed by atoms with Gasteiger partial charge in [-0.1, -0.05) is 25.1 Å². The molecule has 3 N–H and O–H groups in total. The van der Waals surface area contributed by atoms with E-state index in [1.165, 1.54) is 48.5 Å². The molecule has 0 aliphatic heterocycles. The molecular formula is C30H22ClF2N6Na3O14S4. The first-order valence-electron chi connectivity index (χ1n) is 14.6. The molecule has 1 aromatic heterocycles. The quantitative estimate of drug-likeness (QED) is 0.00922. The summed E-state index contributed by atoms with van der Waals surface area (Å²) in [4.78, 5) is 17.7. The number of aromatic hydroxyl groups is 1. The molecule has 1 heterocycles. The minimum absolute atomic E-state index is 0. The van der Waals surface area contributed by atoms with Gasteiger partial charge in [-0.15, -0.1) is 9.45 Å². The van der Waals surface area contributed by atoms with E-state index in [-0.39, 0.29) is 170 Å². The van der Waals surface area contributed by atoms with Gasteiger partial charge in [0, 0.05) is 16.6 Å². The van der Waals surface area contributed by atoms with E-state index in [0.717, 1.165) is 18.2 Å². The van der Waals surface area contributed by atoms with Gasteiger partial charge in [0.15, 0.2) is 33.7 Å². The summed E-state index contributed by atoms with van der Waals surface area (Å²) in [5.41, 5.74) is -0.655. The Balaban J connectivity index is 0.00000450. The van der Waals surface area contributed by atoms with Crippen molar-refractivity contribution in [3.05, 3.63) is 89.3 Å². The van der Waals surface area contributed by atoms with Gasteiger partial charge < -0.3 is 30.8 Å². The number of nitrogens with one attached hydrogen (secondary N) is 2. The maximum absolute atomic E-state index is 14.0. The molecular weight excluding hydrogens is 939 g/mol. The molecule has 0 saturated carbocycles. The number of anilines is 3. The van der Waals surface area contributed by atoms with E-state index in [4.69, 9.17) is 15.8 Å². The van der Waals surface area contributed by atoms with Crippen LogP contribution in [0.4, 0.5) is 37.3 Å². The van der Waals surface area contributed by atoms with Crippen molar-refractivity contribution in [1.82, 2.24) is 9.97 Å². The van der Waals surface area contributed by atoms with Gasteiger partial charge in [-0.2, -0.15) is 28.2 Å². The van der Waals surface area contributed by atoms with Gasteiger partial charge in [0.05, 0.1) is 50.5 Å². The van der Waals surface area contributed by atoms with Crippen molar-refractivity contribution in [1.29, 1.82) is 0 Å². The molecule has 1 amide bonds. The number of phenolic OH excluding ortho intramolecular Hbond substituents is 1. The fourth-order valence-corrected chi connectivity index (χ4v) is 7.30. The third-order valence-electron chi connectivity index (χ3n) is 6.99. The Labute approximate surface area is 419 Å². The first-order valence-corrected chi connectivity index (χ1v) is 19.4. The monoisotopic (exact) mass is 960 g/mol. The van der Waals surface area contributed by atoms with Gasteiger partial charge in [0.25, 0.3) is 5.91 Å². The van der Waals surface area contributed by atoms with Crippen LogP contribution in [-0.2, 0) is 42.9 Å². The summed E-state index contributed by atoms with van der Waals surface area (Å²) in [6, 6.07) is 13.6. The first-order chi connectivity index (χ1) is 26.6. The van der Waals surface area contributed by atoms with E-state index >= 15 is 0 Å². The Morgan fingerprint density at radius 1 is 0.933 bits per heavy atom. The number of amides is 1. The van der Waals surface area contributed by atoms with E-state index in [1.54, 1.807) is 0 Å². The van der Waals surface area contributed by atoms with Crippen molar-refractivity contribution in [3.8, 4) is 5.75 Å². The number of hydrogen-bond acceptors (Lipinski definition) is 21. The Kier molecular flexibility index (Phi) is 24.0. The van der Waals surface area contributed by atoms with Gasteiger partial charge in [-0.05, 0) is 66.0 Å². The number of azo groups is 1. The second-order valence-corrected chi connectivity index (χ2v) is 15.5. The van der Waals surface area contributed by atoms with Crippen molar-refractivity contribution in [3.63, 3.8) is 0 Å². The van der Waals surface area contributed by atoms with Crippen molar-refractivity contribution in [2.75, 3.05) is 23.0 Å². The van der Waals surface area contributed by atoms with Crippen molar-refractivity contribution in [2.24, 2.45) is 10.2 Å². The zero-order valence-corrected chi connectivity index (χ0v) is 40.1. The Bertz CT molecular complexity index is 2540. The van der Waals surface area contributed by atoms with Gasteiger partial charge >= 0.3 is 94.8 Å². The largest absolute Gasteiger partial charge is 1.00 e. The smallest absolute Gasteiger partial charge is 0.744 e. The van der Waals surface area contributed by atoms with Crippen LogP contribution in [0.5, 0.6) is 5.75 Å². The van der Waals surface area contributed by atoms with Crippen LogP contribution in [0.15, 0.2) is 91.6 Å². The second kappa shape index (κ2) is 25.6. The number of hydrogen-bond donors (Lipinski definition) is 3. The zero-order valence-electron chi connectivity index (χ0n) is 30.1. The van der Waals surface area contributed by atoms with Crippen LogP contribution in [0.1, 0.15) is 17.8 Å². The molecule has 5 aromatic rings. The van der Waals surface area contributed by atoms with Gasteiger partial charge in [0.2, 0.25) is 5.95 Å². The molecule has 0 fully saturated rings. The molecule has 0 unspecified atom stereocenters. The number of carbonyl (C=O) groups excluding carboxylic acids is 1. The van der Waals surface area contributed by atoms with Crippen LogP contribution >= 0.6 is 36.0 Å². The molecule has 0 aliphatic rings. The summed E-state index contributed by atoms with van der Waals surface area (Å²) in [5.74, 6) is -4.11. The average Bonchev–Trinajstić information content (AvgIpc) is 3.15. The van der Waals surface area contributed by atoms with Crippen LogP contribution in [0.25, 0.3) is 10.8 Å². The molecule has 30 heteroatoms. The Hall–Kier alpha value is -1.68. The SMILES string of the molecule is C.O=C(Nc1cccc(S(=O)(=O)CCOSOO[O-])c1)c1ccc(N=Nc2c(SOO[O-])cc3cc(S(=O)(=O)[O-])c(Nc4nc(F)nc(F)c4Cl)cc3c2O)cc1.[Na+].[Na+].[Na+]. The van der Waals surface area contributed by atoms with Crippen molar-refractivity contribution in [2.45, 2.75) is 22.1 Å². The zero-order chi connectivity index (χ0) is 40.6.